The first-order valence-electron chi connectivity index (χ1n) is 6.70. The van der Waals surface area contributed by atoms with Crippen molar-refractivity contribution in [2.45, 2.75) is 62.3 Å². The van der Waals surface area contributed by atoms with Gasteiger partial charge >= 0.3 is 0 Å². The molecule has 1 unspecified atom stereocenters. The third-order valence-corrected chi connectivity index (χ3v) is 3.39. The van der Waals surface area contributed by atoms with Crippen LogP contribution in [0.25, 0.3) is 0 Å². The van der Waals surface area contributed by atoms with Gasteiger partial charge in [0.25, 0.3) is 0 Å². The summed E-state index contributed by atoms with van der Waals surface area (Å²) >= 11 is 0. The first-order valence-corrected chi connectivity index (χ1v) is 6.70. The Kier molecular flexibility index (Phi) is 5.88. The Hall–Kier alpha value is 0.766. The third-order valence-electron chi connectivity index (χ3n) is 3.39. The molecule has 0 aromatic heterocycles. The van der Waals surface area contributed by atoms with Crippen LogP contribution in [0, 0.1) is 66.9 Å². The Morgan fingerprint density at radius 2 is 1.28 bits per heavy atom. The molecule has 1 heteroatoms. The maximum atomic E-state index is 3.75. The van der Waals surface area contributed by atoms with E-state index in [-0.39, 0.29) is 54.9 Å². The second-order valence-corrected chi connectivity index (χ2v) is 8.44. The smallest absolute Gasteiger partial charge is 0 e. The van der Waals surface area contributed by atoms with Crippen LogP contribution in [-0.4, -0.2) is 0 Å². The molecule has 107 valence electrons. The summed E-state index contributed by atoms with van der Waals surface area (Å²) in [6.45, 7) is 20.7. The Morgan fingerprint density at radius 3 is 1.50 bits per heavy atom. The van der Waals surface area contributed by atoms with Gasteiger partial charge < -0.3 is 0 Å². The molecular formula is C17H29Tb-. The Morgan fingerprint density at radius 1 is 0.833 bits per heavy atom. The normalized spacial score (nSPS) is 21.3. The van der Waals surface area contributed by atoms with Gasteiger partial charge in [0.1, 0.15) is 0 Å². The van der Waals surface area contributed by atoms with Crippen LogP contribution in [0.2, 0.25) is 0 Å². The molecular weight excluding hydrogens is 363 g/mol. The summed E-state index contributed by atoms with van der Waals surface area (Å²) in [6.07, 6.45) is 6.20. The number of allylic oxidation sites excluding steroid dienone is 4. The van der Waals surface area contributed by atoms with E-state index in [0.29, 0.717) is 5.92 Å². The number of hydrogen-bond donors (Lipinski definition) is 0. The number of hydrogen-bond acceptors (Lipinski definition) is 0. The molecule has 0 heterocycles. The average molecular weight is 392 g/mol. The maximum Gasteiger partial charge on any atom is 0 e. The first kappa shape index (κ1) is 18.8. The van der Waals surface area contributed by atoms with Gasteiger partial charge in [-0.25, -0.2) is 5.57 Å². The maximum absolute atomic E-state index is 3.75. The van der Waals surface area contributed by atoms with E-state index < -0.39 is 0 Å². The van der Waals surface area contributed by atoms with E-state index in [2.05, 4.69) is 74.5 Å². The Labute approximate surface area is 145 Å². The van der Waals surface area contributed by atoms with Crippen LogP contribution in [0.4, 0.5) is 0 Å². The minimum absolute atomic E-state index is 0. The molecule has 0 bridgehead atoms. The molecule has 0 nitrogen and oxygen atoms in total. The van der Waals surface area contributed by atoms with Crippen molar-refractivity contribution in [2.24, 2.45) is 22.2 Å². The minimum atomic E-state index is 0. The van der Waals surface area contributed by atoms with Crippen molar-refractivity contribution in [1.82, 2.24) is 0 Å². The summed E-state index contributed by atoms with van der Waals surface area (Å²) in [5.74, 6) is 0.450. The molecule has 1 aliphatic carbocycles. The van der Waals surface area contributed by atoms with Crippen molar-refractivity contribution in [3.63, 3.8) is 0 Å². The Bertz CT molecular complexity index is 321. The predicted molar refractivity (Wildman–Crippen MR) is 76.7 cm³/mol. The monoisotopic (exact) mass is 392 g/mol. The average Bonchev–Trinajstić information content (AvgIpc) is 2.42. The summed E-state index contributed by atoms with van der Waals surface area (Å²) in [4.78, 5) is 0. The van der Waals surface area contributed by atoms with E-state index in [1.165, 1.54) is 11.1 Å². The fraction of sp³-hybridized carbons (Fsp3) is 0.765. The van der Waals surface area contributed by atoms with Gasteiger partial charge in [0.05, 0.1) is 0 Å². The molecule has 1 aliphatic rings. The second-order valence-electron chi connectivity index (χ2n) is 8.44. The molecule has 0 aliphatic heterocycles. The summed E-state index contributed by atoms with van der Waals surface area (Å²) in [6, 6.07) is 0. The van der Waals surface area contributed by atoms with E-state index in [4.69, 9.17) is 0 Å². The van der Waals surface area contributed by atoms with Crippen LogP contribution in [0.15, 0.2) is 17.2 Å². The third kappa shape index (κ3) is 4.40. The SMILES string of the molecule is CC(C)(C)C1=[C-]C(C(C)(C)C)C=C1C(C)(C)C.[Tb]. The summed E-state index contributed by atoms with van der Waals surface area (Å²) in [5.41, 5.74) is 3.59. The molecule has 0 aromatic rings. The van der Waals surface area contributed by atoms with Crippen LogP contribution in [0.3, 0.4) is 0 Å². The van der Waals surface area contributed by atoms with E-state index in [0.717, 1.165) is 0 Å². The zero-order valence-electron chi connectivity index (χ0n) is 13.5. The fourth-order valence-corrected chi connectivity index (χ4v) is 2.24. The van der Waals surface area contributed by atoms with E-state index in [9.17, 15) is 0 Å². The molecule has 0 fully saturated rings. The molecule has 0 saturated carbocycles. The van der Waals surface area contributed by atoms with Crippen LogP contribution >= 0.6 is 0 Å². The van der Waals surface area contributed by atoms with Gasteiger partial charge in [-0.05, 0) is 10.8 Å². The zero-order valence-corrected chi connectivity index (χ0v) is 15.6. The molecule has 0 spiro atoms. The van der Waals surface area contributed by atoms with Gasteiger partial charge in [-0.1, -0.05) is 73.6 Å². The van der Waals surface area contributed by atoms with Crippen molar-refractivity contribution >= 4 is 0 Å². The van der Waals surface area contributed by atoms with Crippen molar-refractivity contribution in [3.05, 3.63) is 23.3 Å². The van der Waals surface area contributed by atoms with Gasteiger partial charge in [-0.3, -0.25) is 6.08 Å². The zero-order chi connectivity index (χ0) is 13.6. The minimum Gasteiger partial charge on any atom is -0.265 e. The molecule has 1 rings (SSSR count). The molecule has 0 N–H and O–H groups in total. The molecule has 18 heavy (non-hydrogen) atoms. The second kappa shape index (κ2) is 5.64. The molecule has 1 atom stereocenters. The fourth-order valence-electron chi connectivity index (χ4n) is 2.24. The van der Waals surface area contributed by atoms with Crippen molar-refractivity contribution in [2.75, 3.05) is 0 Å². The first-order chi connectivity index (χ1) is 7.33. The van der Waals surface area contributed by atoms with Crippen LogP contribution in [0.5, 0.6) is 0 Å². The van der Waals surface area contributed by atoms with Crippen LogP contribution < -0.4 is 0 Å². The van der Waals surface area contributed by atoms with Crippen molar-refractivity contribution in [3.8, 4) is 0 Å². The van der Waals surface area contributed by atoms with Crippen LogP contribution in [0.1, 0.15) is 62.3 Å². The number of rotatable bonds is 0. The van der Waals surface area contributed by atoms with Gasteiger partial charge in [-0.15, -0.1) is 0 Å². The summed E-state index contributed by atoms with van der Waals surface area (Å²) < 4.78 is 0. The van der Waals surface area contributed by atoms with Crippen molar-refractivity contribution < 1.29 is 38.6 Å². The van der Waals surface area contributed by atoms with Crippen molar-refractivity contribution in [1.29, 1.82) is 0 Å². The largest absolute Gasteiger partial charge is 0.265 e. The summed E-state index contributed by atoms with van der Waals surface area (Å²) in [7, 11) is 0. The quantitative estimate of drug-likeness (QED) is 0.484. The summed E-state index contributed by atoms with van der Waals surface area (Å²) in [5, 5.41) is 0. The molecule has 1 radical (unpaired) electrons. The topological polar surface area (TPSA) is 0 Å². The standard InChI is InChI=1S/C17H29.Tb/c1-15(2,3)12-10-13(16(4,5)6)14(11-12)17(7,8)9;/h10,12H,1-9H3;/q-1;. The Balaban J connectivity index is 0.00000289. The van der Waals surface area contributed by atoms with Gasteiger partial charge in [0.15, 0.2) is 0 Å². The molecule has 0 aromatic carbocycles. The van der Waals surface area contributed by atoms with Gasteiger partial charge in [-0.2, -0.15) is 11.6 Å². The van der Waals surface area contributed by atoms with E-state index in [1.54, 1.807) is 0 Å². The van der Waals surface area contributed by atoms with E-state index >= 15 is 0 Å². The van der Waals surface area contributed by atoms with Gasteiger partial charge in [0.2, 0.25) is 0 Å². The van der Waals surface area contributed by atoms with Gasteiger partial charge in [0, 0.05) is 38.6 Å². The molecule has 0 saturated heterocycles. The molecule has 0 amide bonds. The van der Waals surface area contributed by atoms with E-state index in [1.807, 2.05) is 0 Å². The van der Waals surface area contributed by atoms with Crippen LogP contribution in [-0.2, 0) is 0 Å². The predicted octanol–water partition coefficient (Wildman–Crippen LogP) is 5.41.